The van der Waals surface area contributed by atoms with Crippen LogP contribution in [0.5, 0.6) is 0 Å². The van der Waals surface area contributed by atoms with E-state index >= 15 is 0 Å². The van der Waals surface area contributed by atoms with Gasteiger partial charge in [-0.15, -0.1) is 0 Å². The number of carbonyl (C=O) groups is 1. The van der Waals surface area contributed by atoms with Crippen LogP contribution < -0.4 is 11.1 Å². The minimum absolute atomic E-state index is 0.0603. The lowest BCUT2D eigenvalue weighted by Crippen LogP contribution is -2.57. The Morgan fingerprint density at radius 2 is 2.11 bits per heavy atom. The van der Waals surface area contributed by atoms with Crippen LogP contribution in [0.4, 0.5) is 0 Å². The maximum atomic E-state index is 12.3. The third kappa shape index (κ3) is 3.69. The molecule has 1 aliphatic heterocycles. The fourth-order valence-electron chi connectivity index (χ4n) is 3.53. The molecule has 1 saturated heterocycles. The third-order valence-electron chi connectivity index (χ3n) is 4.81. The largest absolute Gasteiger partial charge is 0.353 e. The van der Waals surface area contributed by atoms with Crippen molar-refractivity contribution in [2.24, 2.45) is 11.7 Å². The highest BCUT2D eigenvalue weighted by molar-refractivity contribution is 5.86. The molecule has 1 aliphatic carbocycles. The molecule has 2 aliphatic rings. The van der Waals surface area contributed by atoms with Crippen molar-refractivity contribution < 1.29 is 4.79 Å². The molecule has 0 bridgehead atoms. The second-order valence-electron chi connectivity index (χ2n) is 6.66. The molecule has 0 aromatic rings. The number of rotatable bonds is 4. The number of amides is 1. The molecule has 0 aromatic heterocycles. The van der Waals surface area contributed by atoms with Crippen molar-refractivity contribution in [3.05, 3.63) is 0 Å². The molecule has 1 saturated carbocycles. The van der Waals surface area contributed by atoms with Crippen molar-refractivity contribution >= 4 is 5.91 Å². The smallest absolute Gasteiger partial charge is 0.240 e. The molecule has 0 spiro atoms. The van der Waals surface area contributed by atoms with E-state index in [0.29, 0.717) is 12.0 Å². The molecule has 1 amide bonds. The lowest BCUT2D eigenvalue weighted by Gasteiger charge is -2.36. The first kappa shape index (κ1) is 14.8. The zero-order chi connectivity index (χ0) is 13.9. The lowest BCUT2D eigenvalue weighted by molar-refractivity contribution is -0.128. The van der Waals surface area contributed by atoms with E-state index in [0.717, 1.165) is 25.8 Å². The van der Waals surface area contributed by atoms with Crippen LogP contribution >= 0.6 is 0 Å². The van der Waals surface area contributed by atoms with Gasteiger partial charge in [-0.3, -0.25) is 9.69 Å². The number of likely N-dealkylation sites (tertiary alicyclic amines) is 1. The number of nitrogens with zero attached hydrogens (tertiary/aromatic N) is 1. The topological polar surface area (TPSA) is 58.4 Å². The predicted molar refractivity (Wildman–Crippen MR) is 77.8 cm³/mol. The average Bonchev–Trinajstić information content (AvgIpc) is 2.89. The van der Waals surface area contributed by atoms with Crippen LogP contribution in [0.25, 0.3) is 0 Å². The Morgan fingerprint density at radius 3 is 2.74 bits per heavy atom. The first-order valence-electron chi connectivity index (χ1n) is 7.82. The van der Waals surface area contributed by atoms with E-state index in [-0.39, 0.29) is 5.91 Å². The van der Waals surface area contributed by atoms with E-state index in [1.54, 1.807) is 0 Å². The lowest BCUT2D eigenvalue weighted by atomic mass is 9.76. The molecule has 3 N–H and O–H groups in total. The van der Waals surface area contributed by atoms with Crippen molar-refractivity contribution in [2.75, 3.05) is 19.6 Å². The standard InChI is InChI=1S/C15H29N3O/c1-12-6-5-7-15(16,10-12)14(19)17-11-13(2)18-8-3-4-9-18/h12-13H,3-11,16H2,1-2H3,(H,17,19). The molecule has 0 radical (unpaired) electrons. The molecule has 110 valence electrons. The van der Waals surface area contributed by atoms with Gasteiger partial charge in [0.2, 0.25) is 5.91 Å². The summed E-state index contributed by atoms with van der Waals surface area (Å²) in [6, 6.07) is 0.427. The number of carbonyl (C=O) groups excluding carboxylic acids is 1. The van der Waals surface area contributed by atoms with Gasteiger partial charge in [0.1, 0.15) is 0 Å². The quantitative estimate of drug-likeness (QED) is 0.811. The number of nitrogens with one attached hydrogen (secondary N) is 1. The molecule has 2 rings (SSSR count). The van der Waals surface area contributed by atoms with Gasteiger partial charge in [0.15, 0.2) is 0 Å². The summed E-state index contributed by atoms with van der Waals surface area (Å²) in [6.45, 7) is 7.45. The van der Waals surface area contributed by atoms with Gasteiger partial charge in [0.05, 0.1) is 5.54 Å². The summed E-state index contributed by atoms with van der Waals surface area (Å²) >= 11 is 0. The Kier molecular flexibility index (Phi) is 4.85. The summed E-state index contributed by atoms with van der Waals surface area (Å²) in [5.41, 5.74) is 5.68. The Hall–Kier alpha value is -0.610. The SMILES string of the molecule is CC1CCCC(N)(C(=O)NCC(C)N2CCCC2)C1. The van der Waals surface area contributed by atoms with E-state index in [1.165, 1.54) is 32.4 Å². The predicted octanol–water partition coefficient (Wildman–Crippen LogP) is 1.49. The molecular formula is C15H29N3O. The molecule has 2 fully saturated rings. The number of hydrogen-bond donors (Lipinski definition) is 2. The molecule has 3 unspecified atom stereocenters. The summed E-state index contributed by atoms with van der Waals surface area (Å²) in [6.07, 6.45) is 6.52. The van der Waals surface area contributed by atoms with Crippen LogP contribution in [0.15, 0.2) is 0 Å². The van der Waals surface area contributed by atoms with Crippen molar-refractivity contribution in [2.45, 2.75) is 64.0 Å². The highest BCUT2D eigenvalue weighted by atomic mass is 16.2. The van der Waals surface area contributed by atoms with Crippen LogP contribution in [0, 0.1) is 5.92 Å². The molecule has 0 aromatic carbocycles. The van der Waals surface area contributed by atoms with Crippen LogP contribution in [0.1, 0.15) is 52.4 Å². The van der Waals surface area contributed by atoms with Gasteiger partial charge in [-0.25, -0.2) is 0 Å². The Labute approximate surface area is 117 Å². The van der Waals surface area contributed by atoms with Crippen molar-refractivity contribution in [3.8, 4) is 0 Å². The fraction of sp³-hybridized carbons (Fsp3) is 0.933. The highest BCUT2D eigenvalue weighted by Gasteiger charge is 2.37. The minimum Gasteiger partial charge on any atom is -0.353 e. The van der Waals surface area contributed by atoms with Gasteiger partial charge in [-0.2, -0.15) is 0 Å². The zero-order valence-corrected chi connectivity index (χ0v) is 12.5. The van der Waals surface area contributed by atoms with E-state index in [1.807, 2.05) is 0 Å². The van der Waals surface area contributed by atoms with Gasteiger partial charge in [0.25, 0.3) is 0 Å². The number of nitrogens with two attached hydrogens (primary N) is 1. The Morgan fingerprint density at radius 1 is 1.42 bits per heavy atom. The maximum Gasteiger partial charge on any atom is 0.240 e. The van der Waals surface area contributed by atoms with Crippen LogP contribution in [-0.2, 0) is 4.79 Å². The second-order valence-corrected chi connectivity index (χ2v) is 6.66. The van der Waals surface area contributed by atoms with Crippen LogP contribution in [0.2, 0.25) is 0 Å². The fourth-order valence-corrected chi connectivity index (χ4v) is 3.53. The molecule has 1 heterocycles. The van der Waals surface area contributed by atoms with Crippen molar-refractivity contribution in [1.82, 2.24) is 10.2 Å². The third-order valence-corrected chi connectivity index (χ3v) is 4.81. The van der Waals surface area contributed by atoms with Crippen molar-refractivity contribution in [1.29, 1.82) is 0 Å². The minimum atomic E-state index is -0.623. The first-order valence-corrected chi connectivity index (χ1v) is 7.82. The molecule has 4 heteroatoms. The average molecular weight is 267 g/mol. The Balaban J connectivity index is 1.79. The highest BCUT2D eigenvalue weighted by Crippen LogP contribution is 2.30. The van der Waals surface area contributed by atoms with Gasteiger partial charge < -0.3 is 11.1 Å². The van der Waals surface area contributed by atoms with Gasteiger partial charge >= 0.3 is 0 Å². The summed E-state index contributed by atoms with van der Waals surface area (Å²) < 4.78 is 0. The molecule has 19 heavy (non-hydrogen) atoms. The summed E-state index contributed by atoms with van der Waals surface area (Å²) in [7, 11) is 0. The van der Waals surface area contributed by atoms with E-state index in [2.05, 4.69) is 24.1 Å². The van der Waals surface area contributed by atoms with Gasteiger partial charge in [-0.1, -0.05) is 19.8 Å². The van der Waals surface area contributed by atoms with Crippen LogP contribution in [0.3, 0.4) is 0 Å². The number of hydrogen-bond acceptors (Lipinski definition) is 3. The monoisotopic (exact) mass is 267 g/mol. The maximum absolute atomic E-state index is 12.3. The zero-order valence-electron chi connectivity index (χ0n) is 12.5. The van der Waals surface area contributed by atoms with E-state index in [4.69, 9.17) is 5.73 Å². The molecule has 3 atom stereocenters. The summed E-state index contributed by atoms with van der Waals surface area (Å²) in [4.78, 5) is 14.8. The van der Waals surface area contributed by atoms with Crippen LogP contribution in [-0.4, -0.2) is 42.0 Å². The van der Waals surface area contributed by atoms with Crippen molar-refractivity contribution in [3.63, 3.8) is 0 Å². The van der Waals surface area contributed by atoms with Gasteiger partial charge in [0, 0.05) is 12.6 Å². The molecule has 4 nitrogen and oxygen atoms in total. The van der Waals surface area contributed by atoms with E-state index < -0.39 is 5.54 Å². The normalized spacial score (nSPS) is 34.2. The summed E-state index contributed by atoms with van der Waals surface area (Å²) in [5.74, 6) is 0.630. The summed E-state index contributed by atoms with van der Waals surface area (Å²) in [5, 5.41) is 3.08. The first-order chi connectivity index (χ1) is 9.01. The second kappa shape index (κ2) is 6.23. The molecular weight excluding hydrogens is 238 g/mol. The Bertz CT molecular complexity index is 315. The van der Waals surface area contributed by atoms with Gasteiger partial charge in [-0.05, 0) is 51.6 Å². The van der Waals surface area contributed by atoms with E-state index in [9.17, 15) is 4.79 Å².